The molecule has 4 aliphatic heterocycles. The molecule has 3 fully saturated rings. The molecule has 0 bridgehead atoms. The Hall–Kier alpha value is -3.28. The van der Waals surface area contributed by atoms with Crippen LogP contribution in [0.3, 0.4) is 0 Å². The molecule has 1 N–H and O–H groups in total. The molecule has 4 aliphatic rings. The fraction of sp³-hybridized carbons (Fsp3) is 0.429. The monoisotopic (exact) mass is 549 g/mol. The van der Waals surface area contributed by atoms with Gasteiger partial charge in [-0.2, -0.15) is 0 Å². The summed E-state index contributed by atoms with van der Waals surface area (Å²) in [5, 5.41) is 3.30. The van der Waals surface area contributed by atoms with E-state index in [1.54, 1.807) is 12.1 Å². The van der Waals surface area contributed by atoms with Crippen molar-refractivity contribution in [2.75, 3.05) is 24.6 Å². The third-order valence-electron chi connectivity index (χ3n) is 8.44. The minimum Gasteiger partial charge on any atom is -0.616 e. The van der Waals surface area contributed by atoms with Gasteiger partial charge in [-0.1, -0.05) is 0 Å². The molecule has 0 spiro atoms. The second-order valence-corrected chi connectivity index (χ2v) is 12.4. The zero-order chi connectivity index (χ0) is 26.8. The summed E-state index contributed by atoms with van der Waals surface area (Å²) < 4.78 is 30.0. The highest BCUT2D eigenvalue weighted by Crippen LogP contribution is 2.37. The summed E-state index contributed by atoms with van der Waals surface area (Å²) in [4.78, 5) is 45.8. The van der Waals surface area contributed by atoms with Gasteiger partial charge in [-0.05, 0) is 73.4 Å². The van der Waals surface area contributed by atoms with Gasteiger partial charge in [-0.3, -0.25) is 24.6 Å². The smallest absolute Gasteiger partial charge is 0.255 e. The Morgan fingerprint density at radius 3 is 2.62 bits per heavy atom. The molecule has 1 aromatic carbocycles. The van der Waals surface area contributed by atoms with Crippen molar-refractivity contribution in [3.63, 3.8) is 0 Å². The van der Waals surface area contributed by atoms with Crippen molar-refractivity contribution in [2.24, 2.45) is 0 Å². The molecule has 11 heteroatoms. The van der Waals surface area contributed by atoms with Gasteiger partial charge in [0.15, 0.2) is 0 Å². The number of pyridine rings is 1. The Kier molecular flexibility index (Phi) is 5.98. The van der Waals surface area contributed by atoms with Crippen LogP contribution >= 0.6 is 0 Å². The number of hydrogen-bond acceptors (Lipinski definition) is 6. The zero-order valence-corrected chi connectivity index (χ0v) is 22.1. The van der Waals surface area contributed by atoms with Gasteiger partial charge < -0.3 is 14.0 Å². The molecule has 2 aromatic heterocycles. The van der Waals surface area contributed by atoms with Crippen LogP contribution in [0.5, 0.6) is 0 Å². The van der Waals surface area contributed by atoms with E-state index in [9.17, 15) is 18.9 Å². The molecular weight excluding hydrogens is 521 g/mol. The summed E-state index contributed by atoms with van der Waals surface area (Å²) in [6, 6.07) is 6.51. The first kappa shape index (κ1) is 24.7. The number of carbonyl (C=O) groups is 3. The SMILES string of the molecule is O=C1CCC(N2Cc3c(ccc(-c4cc(CN5CCCC5)c5ccn(C6C[S+]([O-])C6)c5n4)c3F)C2=O)C(=O)N1. The first-order chi connectivity index (χ1) is 18.9. The molecule has 3 saturated heterocycles. The fourth-order valence-electron chi connectivity index (χ4n) is 6.28. The van der Waals surface area contributed by atoms with Crippen molar-refractivity contribution in [1.29, 1.82) is 0 Å². The van der Waals surface area contributed by atoms with Crippen molar-refractivity contribution < 1.29 is 23.3 Å². The molecule has 1 atom stereocenters. The summed E-state index contributed by atoms with van der Waals surface area (Å²) in [5.74, 6) is -0.638. The van der Waals surface area contributed by atoms with Gasteiger partial charge in [0, 0.05) is 41.2 Å². The average molecular weight is 550 g/mol. The van der Waals surface area contributed by atoms with Gasteiger partial charge in [0.25, 0.3) is 5.91 Å². The molecule has 0 aliphatic carbocycles. The maximum atomic E-state index is 16.2. The predicted molar refractivity (Wildman–Crippen MR) is 143 cm³/mol. The molecule has 0 saturated carbocycles. The number of piperidine rings is 1. The van der Waals surface area contributed by atoms with E-state index >= 15 is 4.39 Å². The Balaban J connectivity index is 1.28. The van der Waals surface area contributed by atoms with E-state index in [-0.39, 0.29) is 42.5 Å². The second-order valence-electron chi connectivity index (χ2n) is 10.9. The van der Waals surface area contributed by atoms with Gasteiger partial charge >= 0.3 is 0 Å². The number of fused-ring (bicyclic) bond motifs is 2. The Morgan fingerprint density at radius 1 is 1.10 bits per heavy atom. The quantitative estimate of drug-likeness (QED) is 0.387. The summed E-state index contributed by atoms with van der Waals surface area (Å²) in [7, 11) is 0. The Morgan fingerprint density at radius 2 is 1.87 bits per heavy atom. The normalized spacial score (nSPS) is 25.3. The first-order valence-corrected chi connectivity index (χ1v) is 14.9. The van der Waals surface area contributed by atoms with Crippen LogP contribution in [0.15, 0.2) is 30.5 Å². The van der Waals surface area contributed by atoms with E-state index in [1.807, 2.05) is 18.3 Å². The average Bonchev–Trinajstić information content (AvgIpc) is 3.63. The van der Waals surface area contributed by atoms with Crippen molar-refractivity contribution in [1.82, 2.24) is 24.7 Å². The number of nitrogens with zero attached hydrogens (tertiary/aromatic N) is 4. The van der Waals surface area contributed by atoms with Crippen LogP contribution in [-0.2, 0) is 33.9 Å². The van der Waals surface area contributed by atoms with E-state index in [4.69, 9.17) is 4.98 Å². The highest BCUT2D eigenvalue weighted by Gasteiger charge is 2.41. The highest BCUT2D eigenvalue weighted by molar-refractivity contribution is 7.92. The lowest BCUT2D eigenvalue weighted by molar-refractivity contribution is -0.136. The van der Waals surface area contributed by atoms with Crippen LogP contribution in [0, 0.1) is 5.82 Å². The van der Waals surface area contributed by atoms with Gasteiger partial charge in [0.1, 0.15) is 35.1 Å². The standard InChI is InChI=1S/C28H28FN5O4S/c29-25-20(4-3-19-21(25)13-34(28(19)37)23-5-6-24(35)31-27(23)36)22-11-16(12-32-8-1-2-9-32)18-7-10-33(26(18)30-22)17-14-39(38)15-17/h3-4,7,10-11,17,23H,1-2,5-6,8-9,12-15H2,(H,31,35,36). The summed E-state index contributed by atoms with van der Waals surface area (Å²) in [6.07, 6.45) is 4.67. The molecule has 3 aromatic rings. The highest BCUT2D eigenvalue weighted by atomic mass is 32.2. The van der Waals surface area contributed by atoms with Crippen LogP contribution in [0.4, 0.5) is 4.39 Å². The number of imide groups is 1. The van der Waals surface area contributed by atoms with Gasteiger partial charge in [0.2, 0.25) is 11.8 Å². The Bertz CT molecular complexity index is 1530. The summed E-state index contributed by atoms with van der Waals surface area (Å²) in [5.41, 5.74) is 3.10. The molecular formula is C28H28FN5O4S. The number of halogens is 1. The van der Waals surface area contributed by atoms with E-state index in [1.165, 1.54) is 4.90 Å². The maximum Gasteiger partial charge on any atom is 0.255 e. The zero-order valence-electron chi connectivity index (χ0n) is 21.3. The maximum absolute atomic E-state index is 16.2. The van der Waals surface area contributed by atoms with E-state index < -0.39 is 34.8 Å². The van der Waals surface area contributed by atoms with Crippen LogP contribution in [-0.4, -0.2) is 72.3 Å². The lowest BCUT2D eigenvalue weighted by Crippen LogP contribution is -2.52. The van der Waals surface area contributed by atoms with Gasteiger partial charge in [-0.25, -0.2) is 9.37 Å². The van der Waals surface area contributed by atoms with Crippen molar-refractivity contribution in [3.05, 3.63) is 53.0 Å². The number of hydrogen-bond donors (Lipinski definition) is 1. The number of amides is 3. The van der Waals surface area contributed by atoms with E-state index in [0.29, 0.717) is 22.8 Å². The minimum atomic E-state index is -0.818. The third kappa shape index (κ3) is 4.14. The minimum absolute atomic E-state index is 0.0345. The van der Waals surface area contributed by atoms with Crippen LogP contribution in [0.2, 0.25) is 0 Å². The summed E-state index contributed by atoms with van der Waals surface area (Å²) in [6.45, 7) is 2.74. The Labute approximate surface area is 227 Å². The lowest BCUT2D eigenvalue weighted by Gasteiger charge is -2.30. The lowest BCUT2D eigenvalue weighted by atomic mass is 10.0. The number of carbonyl (C=O) groups excluding carboxylic acids is 3. The number of likely N-dealkylation sites (tertiary alicyclic amines) is 1. The van der Waals surface area contributed by atoms with Crippen LogP contribution < -0.4 is 5.32 Å². The molecule has 202 valence electrons. The number of nitrogens with one attached hydrogen (secondary N) is 1. The van der Waals surface area contributed by atoms with E-state index in [2.05, 4.69) is 14.8 Å². The molecule has 9 nitrogen and oxygen atoms in total. The molecule has 1 unspecified atom stereocenters. The number of benzene rings is 1. The van der Waals surface area contributed by atoms with Crippen molar-refractivity contribution in [3.8, 4) is 11.3 Å². The van der Waals surface area contributed by atoms with Gasteiger partial charge in [-0.15, -0.1) is 0 Å². The summed E-state index contributed by atoms with van der Waals surface area (Å²) >= 11 is -0.818. The first-order valence-electron chi connectivity index (χ1n) is 13.4. The molecule has 39 heavy (non-hydrogen) atoms. The predicted octanol–water partition coefficient (Wildman–Crippen LogP) is 2.50. The van der Waals surface area contributed by atoms with E-state index in [0.717, 1.165) is 49.1 Å². The molecule has 0 radical (unpaired) electrons. The number of rotatable bonds is 5. The van der Waals surface area contributed by atoms with Crippen LogP contribution in [0.1, 0.15) is 53.2 Å². The fourth-order valence-corrected chi connectivity index (χ4v) is 7.37. The largest absolute Gasteiger partial charge is 0.616 e. The van der Waals surface area contributed by atoms with Crippen molar-refractivity contribution in [2.45, 2.75) is 50.9 Å². The topological polar surface area (TPSA) is 111 Å². The van der Waals surface area contributed by atoms with Crippen molar-refractivity contribution >= 4 is 39.9 Å². The molecule has 7 rings (SSSR count). The molecule has 6 heterocycles. The van der Waals surface area contributed by atoms with Crippen LogP contribution in [0.25, 0.3) is 22.3 Å². The van der Waals surface area contributed by atoms with Gasteiger partial charge in [0.05, 0.1) is 12.2 Å². The molecule has 3 amide bonds. The third-order valence-corrected chi connectivity index (χ3v) is 9.95. The second kappa shape index (κ2) is 9.42. The number of aromatic nitrogens is 2.